The molecule has 140 valence electrons. The first kappa shape index (κ1) is 19.4. The van der Waals surface area contributed by atoms with Gasteiger partial charge in [-0.3, -0.25) is 4.79 Å². The summed E-state index contributed by atoms with van der Waals surface area (Å²) in [4.78, 5) is 20.9. The minimum atomic E-state index is -0.0977. The predicted molar refractivity (Wildman–Crippen MR) is 109 cm³/mol. The van der Waals surface area contributed by atoms with E-state index in [9.17, 15) is 4.79 Å². The number of carbonyl (C=O) groups excluding carboxylic acids is 1. The SMILES string of the molecule is CCOc1cc(CNC(=O)c2ccc(CSc3nc(C)cs3)cc2)ccn1. The second kappa shape index (κ2) is 9.53. The molecule has 0 saturated carbocycles. The second-order valence-electron chi connectivity index (χ2n) is 5.86. The number of hydrogen-bond donors (Lipinski definition) is 1. The summed E-state index contributed by atoms with van der Waals surface area (Å²) in [6.45, 7) is 4.91. The Bertz CT molecular complexity index is 894. The highest BCUT2D eigenvalue weighted by Gasteiger charge is 2.07. The number of ether oxygens (including phenoxy) is 1. The van der Waals surface area contributed by atoms with Gasteiger partial charge in [0.25, 0.3) is 5.91 Å². The fourth-order valence-electron chi connectivity index (χ4n) is 2.37. The Kier molecular flexibility index (Phi) is 6.84. The lowest BCUT2D eigenvalue weighted by Crippen LogP contribution is -2.22. The number of nitrogens with one attached hydrogen (secondary N) is 1. The molecule has 27 heavy (non-hydrogen) atoms. The van der Waals surface area contributed by atoms with Crippen LogP contribution in [-0.4, -0.2) is 22.5 Å². The molecule has 0 aliphatic heterocycles. The molecule has 2 heterocycles. The molecule has 0 aliphatic rings. The maximum atomic E-state index is 12.4. The van der Waals surface area contributed by atoms with E-state index in [4.69, 9.17) is 4.74 Å². The van der Waals surface area contributed by atoms with Gasteiger partial charge in [-0.25, -0.2) is 9.97 Å². The molecule has 0 atom stereocenters. The first-order chi connectivity index (χ1) is 13.1. The van der Waals surface area contributed by atoms with Crippen LogP contribution in [-0.2, 0) is 12.3 Å². The molecule has 1 aromatic carbocycles. The topological polar surface area (TPSA) is 64.1 Å². The van der Waals surface area contributed by atoms with Crippen LogP contribution in [0.2, 0.25) is 0 Å². The summed E-state index contributed by atoms with van der Waals surface area (Å²) >= 11 is 3.37. The van der Waals surface area contributed by atoms with E-state index in [0.29, 0.717) is 24.6 Å². The number of pyridine rings is 1. The number of aryl methyl sites for hydroxylation is 1. The molecule has 5 nitrogen and oxygen atoms in total. The van der Waals surface area contributed by atoms with Gasteiger partial charge in [0.1, 0.15) is 4.34 Å². The summed E-state index contributed by atoms with van der Waals surface area (Å²) in [7, 11) is 0. The third kappa shape index (κ3) is 5.80. The van der Waals surface area contributed by atoms with Gasteiger partial charge in [0.05, 0.1) is 6.61 Å². The van der Waals surface area contributed by atoms with E-state index >= 15 is 0 Å². The summed E-state index contributed by atoms with van der Waals surface area (Å²) in [5.74, 6) is 1.31. The minimum Gasteiger partial charge on any atom is -0.478 e. The van der Waals surface area contributed by atoms with Crippen molar-refractivity contribution in [1.29, 1.82) is 0 Å². The molecular weight excluding hydrogens is 378 g/mol. The Morgan fingerprint density at radius 1 is 1.22 bits per heavy atom. The van der Waals surface area contributed by atoms with Gasteiger partial charge in [0.2, 0.25) is 5.88 Å². The Morgan fingerprint density at radius 2 is 2.04 bits per heavy atom. The molecule has 1 amide bonds. The van der Waals surface area contributed by atoms with E-state index in [2.05, 4.69) is 20.7 Å². The molecule has 0 spiro atoms. The number of hydrogen-bond acceptors (Lipinski definition) is 6. The lowest BCUT2D eigenvalue weighted by Gasteiger charge is -2.08. The van der Waals surface area contributed by atoms with Crippen molar-refractivity contribution in [3.63, 3.8) is 0 Å². The molecule has 0 bridgehead atoms. The van der Waals surface area contributed by atoms with Crippen LogP contribution in [0.15, 0.2) is 52.3 Å². The third-order valence-electron chi connectivity index (χ3n) is 3.72. The highest BCUT2D eigenvalue weighted by atomic mass is 32.2. The average Bonchev–Trinajstić information content (AvgIpc) is 3.11. The zero-order chi connectivity index (χ0) is 19.1. The maximum Gasteiger partial charge on any atom is 0.251 e. The van der Waals surface area contributed by atoms with Gasteiger partial charge in [0, 0.05) is 41.2 Å². The summed E-state index contributed by atoms with van der Waals surface area (Å²) < 4.78 is 6.45. The summed E-state index contributed by atoms with van der Waals surface area (Å²) in [5, 5.41) is 4.98. The van der Waals surface area contributed by atoms with E-state index in [1.54, 1.807) is 29.3 Å². The van der Waals surface area contributed by atoms with Crippen molar-refractivity contribution in [2.75, 3.05) is 6.61 Å². The summed E-state index contributed by atoms with van der Waals surface area (Å²) in [6, 6.07) is 11.4. The Balaban J connectivity index is 1.52. The smallest absolute Gasteiger partial charge is 0.251 e. The number of rotatable bonds is 8. The number of aromatic nitrogens is 2. The number of amides is 1. The van der Waals surface area contributed by atoms with Crippen molar-refractivity contribution in [2.24, 2.45) is 0 Å². The van der Waals surface area contributed by atoms with Crippen LogP contribution in [0.3, 0.4) is 0 Å². The first-order valence-corrected chi connectivity index (χ1v) is 10.5. The van der Waals surface area contributed by atoms with E-state index in [-0.39, 0.29) is 5.91 Å². The van der Waals surface area contributed by atoms with Crippen molar-refractivity contribution in [2.45, 2.75) is 30.5 Å². The molecule has 0 unspecified atom stereocenters. The van der Waals surface area contributed by atoms with Crippen LogP contribution in [0.5, 0.6) is 5.88 Å². The van der Waals surface area contributed by atoms with Gasteiger partial charge in [0.15, 0.2) is 0 Å². The van der Waals surface area contributed by atoms with Gasteiger partial charge in [-0.05, 0) is 43.2 Å². The molecule has 2 aromatic heterocycles. The van der Waals surface area contributed by atoms with E-state index in [1.165, 1.54) is 5.56 Å². The number of benzene rings is 1. The van der Waals surface area contributed by atoms with Crippen LogP contribution in [0.1, 0.15) is 34.1 Å². The second-order valence-corrected chi connectivity index (χ2v) is 7.94. The predicted octanol–water partition coefficient (Wildman–Crippen LogP) is 4.47. The van der Waals surface area contributed by atoms with Crippen molar-refractivity contribution in [3.8, 4) is 5.88 Å². The van der Waals surface area contributed by atoms with Crippen molar-refractivity contribution >= 4 is 29.0 Å². The zero-order valence-corrected chi connectivity index (χ0v) is 16.9. The fourth-order valence-corrected chi connectivity index (χ4v) is 4.17. The Morgan fingerprint density at radius 3 is 2.74 bits per heavy atom. The van der Waals surface area contributed by atoms with Crippen LogP contribution >= 0.6 is 23.1 Å². The summed E-state index contributed by atoms with van der Waals surface area (Å²) in [6.07, 6.45) is 1.68. The number of carbonyl (C=O) groups is 1. The van der Waals surface area contributed by atoms with E-state index < -0.39 is 0 Å². The molecule has 3 rings (SSSR count). The molecule has 1 N–H and O–H groups in total. The van der Waals surface area contributed by atoms with Crippen LogP contribution in [0.25, 0.3) is 0 Å². The Hall–Kier alpha value is -2.38. The minimum absolute atomic E-state index is 0.0977. The maximum absolute atomic E-state index is 12.4. The number of thiazole rings is 1. The number of thioether (sulfide) groups is 1. The molecule has 3 aromatic rings. The lowest BCUT2D eigenvalue weighted by molar-refractivity contribution is 0.0951. The monoisotopic (exact) mass is 399 g/mol. The van der Waals surface area contributed by atoms with Gasteiger partial charge < -0.3 is 10.1 Å². The van der Waals surface area contributed by atoms with Crippen molar-refractivity contribution in [3.05, 3.63) is 70.4 Å². The highest BCUT2D eigenvalue weighted by Crippen LogP contribution is 2.26. The molecule has 7 heteroatoms. The van der Waals surface area contributed by atoms with Gasteiger partial charge in [-0.1, -0.05) is 23.9 Å². The molecular formula is C20H21N3O2S2. The standard InChI is InChI=1S/C20H21N3O2S2/c1-3-25-18-10-16(8-9-21-18)11-22-19(24)17-6-4-15(5-7-17)13-27-20-23-14(2)12-26-20/h4-10,12H,3,11,13H2,1-2H3,(H,22,24). The summed E-state index contributed by atoms with van der Waals surface area (Å²) in [5.41, 5.74) is 3.82. The Labute approximate surface area is 167 Å². The van der Waals surface area contributed by atoms with Crippen LogP contribution in [0, 0.1) is 6.92 Å². The van der Waals surface area contributed by atoms with E-state index in [0.717, 1.165) is 21.3 Å². The van der Waals surface area contributed by atoms with Crippen molar-refractivity contribution < 1.29 is 9.53 Å². The fraction of sp³-hybridized carbons (Fsp3) is 0.250. The average molecular weight is 400 g/mol. The van der Waals surface area contributed by atoms with Gasteiger partial charge >= 0.3 is 0 Å². The number of nitrogens with zero attached hydrogens (tertiary/aromatic N) is 2. The van der Waals surface area contributed by atoms with E-state index in [1.807, 2.05) is 50.2 Å². The third-order valence-corrected chi connectivity index (χ3v) is 5.93. The van der Waals surface area contributed by atoms with Crippen LogP contribution in [0.4, 0.5) is 0 Å². The zero-order valence-electron chi connectivity index (χ0n) is 15.3. The van der Waals surface area contributed by atoms with Crippen molar-refractivity contribution in [1.82, 2.24) is 15.3 Å². The lowest BCUT2D eigenvalue weighted by atomic mass is 10.1. The van der Waals surface area contributed by atoms with Gasteiger partial charge in [-0.15, -0.1) is 11.3 Å². The highest BCUT2D eigenvalue weighted by molar-refractivity contribution is 8.00. The molecule has 0 aliphatic carbocycles. The quantitative estimate of drug-likeness (QED) is 0.566. The van der Waals surface area contributed by atoms with Gasteiger partial charge in [-0.2, -0.15) is 0 Å². The first-order valence-electron chi connectivity index (χ1n) is 8.64. The molecule has 0 fully saturated rings. The largest absolute Gasteiger partial charge is 0.478 e. The van der Waals surface area contributed by atoms with Crippen LogP contribution < -0.4 is 10.1 Å². The molecule has 0 saturated heterocycles. The molecule has 0 radical (unpaired) electrons. The normalized spacial score (nSPS) is 10.6.